The van der Waals surface area contributed by atoms with Crippen LogP contribution < -0.4 is 23.8 Å². The molecule has 214 valence electrons. The van der Waals surface area contributed by atoms with Crippen LogP contribution in [0.5, 0.6) is 23.0 Å². The van der Waals surface area contributed by atoms with E-state index in [1.165, 1.54) is 37.6 Å². The molecule has 2 aromatic heterocycles. The Morgan fingerprint density at radius 2 is 1.76 bits per heavy atom. The van der Waals surface area contributed by atoms with Crippen molar-refractivity contribution in [2.75, 3.05) is 32.8 Å². The van der Waals surface area contributed by atoms with Gasteiger partial charge >= 0.3 is 0 Å². The van der Waals surface area contributed by atoms with Crippen molar-refractivity contribution in [1.29, 1.82) is 0 Å². The lowest BCUT2D eigenvalue weighted by molar-refractivity contribution is -0.117. The molecule has 1 unspecified atom stereocenters. The molecule has 6 rings (SSSR count). The van der Waals surface area contributed by atoms with Gasteiger partial charge < -0.3 is 28.5 Å². The molecule has 1 aliphatic heterocycles. The fraction of sp³-hybridized carbons (Fsp3) is 0.194. The molecule has 1 amide bonds. The summed E-state index contributed by atoms with van der Waals surface area (Å²) in [4.78, 5) is 33.8. The Morgan fingerprint density at radius 3 is 2.43 bits per heavy atom. The monoisotopic (exact) mass is 586 g/mol. The molecule has 3 heterocycles. The highest BCUT2D eigenvalue weighted by atomic mass is 32.1. The van der Waals surface area contributed by atoms with Crippen LogP contribution in [0.3, 0.4) is 0 Å². The zero-order chi connectivity index (χ0) is 29.5. The fourth-order valence-electron chi connectivity index (χ4n) is 5.09. The number of aliphatic hydroxyl groups excluding tert-OH is 1. The van der Waals surface area contributed by atoms with Crippen LogP contribution in [0.25, 0.3) is 21.2 Å². The Hall–Kier alpha value is -5.03. The van der Waals surface area contributed by atoms with Crippen LogP contribution in [0.4, 0.5) is 5.13 Å². The molecular formula is C31H26N2O8S. The standard InChI is InChI=1S/C31H26N2O8S/c1-5-40-18-10-11-19-24(15-18)42-31(32-19)33-26(17-13-22(37-2)29(39-4)23(14-17)38-3)25(28(35)30(33)36)27(34)21-12-16-8-6-7-9-20(16)41-21/h6-15,26,35H,5H2,1-4H3. The summed E-state index contributed by atoms with van der Waals surface area (Å²) in [5.41, 5.74) is 1.40. The number of thiazole rings is 1. The highest BCUT2D eigenvalue weighted by molar-refractivity contribution is 7.22. The van der Waals surface area contributed by atoms with Gasteiger partial charge in [-0.05, 0) is 55.0 Å². The molecule has 10 nitrogen and oxygen atoms in total. The minimum atomic E-state index is -1.10. The van der Waals surface area contributed by atoms with Crippen LogP contribution in [0, 0.1) is 0 Å². The van der Waals surface area contributed by atoms with Crippen LogP contribution in [0.1, 0.15) is 29.1 Å². The molecule has 0 radical (unpaired) electrons. The molecule has 11 heteroatoms. The fourth-order valence-corrected chi connectivity index (χ4v) is 6.11. The van der Waals surface area contributed by atoms with Gasteiger partial charge in [-0.1, -0.05) is 29.5 Å². The van der Waals surface area contributed by atoms with Crippen molar-refractivity contribution in [2.24, 2.45) is 0 Å². The first kappa shape index (κ1) is 27.2. The Bertz CT molecular complexity index is 1830. The number of ketones is 1. The molecular weight excluding hydrogens is 560 g/mol. The number of Topliss-reactive ketones (excluding diaryl/α,β-unsaturated/α-hetero) is 1. The number of fused-ring (bicyclic) bond motifs is 2. The van der Waals surface area contributed by atoms with Gasteiger partial charge in [0, 0.05) is 5.39 Å². The Balaban J connectivity index is 1.54. The van der Waals surface area contributed by atoms with Crippen LogP contribution >= 0.6 is 11.3 Å². The first-order valence-electron chi connectivity index (χ1n) is 13.0. The van der Waals surface area contributed by atoms with Gasteiger partial charge in [-0.2, -0.15) is 0 Å². The van der Waals surface area contributed by atoms with Crippen molar-refractivity contribution in [2.45, 2.75) is 13.0 Å². The third-order valence-electron chi connectivity index (χ3n) is 6.97. The van der Waals surface area contributed by atoms with Crippen LogP contribution in [0.15, 0.2) is 76.4 Å². The van der Waals surface area contributed by atoms with Crippen molar-refractivity contribution in [3.63, 3.8) is 0 Å². The van der Waals surface area contributed by atoms with Crippen molar-refractivity contribution >= 4 is 49.3 Å². The van der Waals surface area contributed by atoms with Crippen molar-refractivity contribution in [3.8, 4) is 23.0 Å². The number of rotatable bonds is 9. The number of hydrogen-bond donors (Lipinski definition) is 1. The van der Waals surface area contributed by atoms with Gasteiger partial charge in [0.2, 0.25) is 11.5 Å². The maximum absolute atomic E-state index is 14.0. The maximum atomic E-state index is 14.0. The van der Waals surface area contributed by atoms with E-state index in [1.54, 1.807) is 42.5 Å². The molecule has 0 bridgehead atoms. The molecule has 3 aromatic carbocycles. The molecule has 0 spiro atoms. The number of ether oxygens (including phenoxy) is 4. The van der Waals surface area contributed by atoms with E-state index >= 15 is 0 Å². The average Bonchev–Trinajstić information content (AvgIpc) is 3.70. The molecule has 5 aromatic rings. The second-order valence-electron chi connectivity index (χ2n) is 9.34. The number of hydrogen-bond acceptors (Lipinski definition) is 10. The second kappa shape index (κ2) is 10.7. The number of amides is 1. The van der Waals surface area contributed by atoms with E-state index in [4.69, 9.17) is 23.4 Å². The van der Waals surface area contributed by atoms with E-state index in [-0.39, 0.29) is 16.5 Å². The van der Waals surface area contributed by atoms with E-state index in [2.05, 4.69) is 4.98 Å². The Kier molecular flexibility index (Phi) is 6.95. The molecule has 42 heavy (non-hydrogen) atoms. The number of nitrogens with zero attached hydrogens (tertiary/aromatic N) is 2. The van der Waals surface area contributed by atoms with E-state index in [0.29, 0.717) is 51.7 Å². The number of aliphatic hydroxyl groups is 1. The summed E-state index contributed by atoms with van der Waals surface area (Å²) >= 11 is 1.23. The normalized spacial score (nSPS) is 15.1. The van der Waals surface area contributed by atoms with Crippen molar-refractivity contribution < 1.29 is 38.1 Å². The van der Waals surface area contributed by atoms with Crippen LogP contribution in [0.2, 0.25) is 0 Å². The SMILES string of the molecule is CCOc1ccc2nc(N3C(=O)C(O)=C(C(=O)c4cc5ccccc5o4)C3c3cc(OC)c(OC)c(OC)c3)sc2c1. The highest BCUT2D eigenvalue weighted by Gasteiger charge is 2.47. The number of methoxy groups -OCH3 is 3. The third kappa shape index (κ3) is 4.38. The molecule has 0 aliphatic carbocycles. The molecule has 0 saturated heterocycles. The predicted molar refractivity (Wildman–Crippen MR) is 157 cm³/mol. The minimum absolute atomic E-state index is 0.0181. The summed E-state index contributed by atoms with van der Waals surface area (Å²) in [5, 5.41) is 12.3. The second-order valence-corrected chi connectivity index (χ2v) is 10.3. The van der Waals surface area contributed by atoms with Gasteiger partial charge in [-0.25, -0.2) is 4.98 Å². The Labute approximate surface area is 244 Å². The molecule has 1 aliphatic rings. The van der Waals surface area contributed by atoms with Gasteiger partial charge in [-0.3, -0.25) is 14.5 Å². The number of para-hydroxylation sites is 1. The zero-order valence-corrected chi connectivity index (χ0v) is 24.0. The topological polar surface area (TPSA) is 121 Å². The quantitative estimate of drug-likeness (QED) is 0.200. The summed E-state index contributed by atoms with van der Waals surface area (Å²) in [6, 6.07) is 16.4. The number of benzene rings is 3. The number of carbonyl (C=O) groups excluding carboxylic acids is 2. The van der Waals surface area contributed by atoms with Gasteiger partial charge in [0.25, 0.3) is 5.91 Å². The first-order chi connectivity index (χ1) is 20.4. The summed E-state index contributed by atoms with van der Waals surface area (Å²) in [5.74, 6) is -0.518. The lowest BCUT2D eigenvalue weighted by Crippen LogP contribution is -2.31. The van der Waals surface area contributed by atoms with Gasteiger partial charge in [-0.15, -0.1) is 0 Å². The number of aromatic nitrogens is 1. The molecule has 1 N–H and O–H groups in total. The largest absolute Gasteiger partial charge is 0.503 e. The third-order valence-corrected chi connectivity index (χ3v) is 7.99. The van der Waals surface area contributed by atoms with Gasteiger partial charge in [0.1, 0.15) is 11.3 Å². The molecule has 0 saturated carbocycles. The number of anilines is 1. The lowest BCUT2D eigenvalue weighted by atomic mass is 9.94. The Morgan fingerprint density at radius 1 is 1.02 bits per heavy atom. The predicted octanol–water partition coefficient (Wildman–Crippen LogP) is 6.25. The first-order valence-corrected chi connectivity index (χ1v) is 13.8. The van der Waals surface area contributed by atoms with E-state index in [1.807, 2.05) is 25.1 Å². The van der Waals surface area contributed by atoms with Gasteiger partial charge in [0.05, 0.1) is 49.8 Å². The molecule has 1 atom stereocenters. The van der Waals surface area contributed by atoms with E-state index in [9.17, 15) is 14.7 Å². The van der Waals surface area contributed by atoms with Crippen LogP contribution in [-0.2, 0) is 4.79 Å². The summed E-state index contributed by atoms with van der Waals surface area (Å²) in [7, 11) is 4.41. The van der Waals surface area contributed by atoms with E-state index in [0.717, 1.165) is 4.70 Å². The summed E-state index contributed by atoms with van der Waals surface area (Å²) in [6.45, 7) is 2.39. The van der Waals surface area contributed by atoms with Gasteiger partial charge in [0.15, 0.2) is 28.1 Å². The van der Waals surface area contributed by atoms with Crippen molar-refractivity contribution in [1.82, 2.24) is 4.98 Å². The number of furan rings is 1. The average molecular weight is 587 g/mol. The number of carbonyl (C=O) groups is 2. The smallest absolute Gasteiger partial charge is 0.296 e. The minimum Gasteiger partial charge on any atom is -0.503 e. The molecule has 0 fully saturated rings. The van der Waals surface area contributed by atoms with E-state index < -0.39 is 23.5 Å². The summed E-state index contributed by atoms with van der Waals surface area (Å²) in [6.07, 6.45) is 0. The lowest BCUT2D eigenvalue weighted by Gasteiger charge is -2.25. The zero-order valence-electron chi connectivity index (χ0n) is 23.2. The highest BCUT2D eigenvalue weighted by Crippen LogP contribution is 2.48. The summed E-state index contributed by atoms with van der Waals surface area (Å²) < 4.78 is 28.8. The van der Waals surface area contributed by atoms with Crippen molar-refractivity contribution in [3.05, 3.63) is 83.3 Å². The van der Waals surface area contributed by atoms with Crippen LogP contribution in [-0.4, -0.2) is 49.7 Å². The maximum Gasteiger partial charge on any atom is 0.296 e.